The van der Waals surface area contributed by atoms with Crippen LogP contribution in [-0.2, 0) is 4.84 Å². The van der Waals surface area contributed by atoms with E-state index in [4.69, 9.17) is 4.84 Å². The summed E-state index contributed by atoms with van der Waals surface area (Å²) >= 11 is 0. The number of fused-ring (bicyclic) bond motifs is 2. The fourth-order valence-electron chi connectivity index (χ4n) is 2.96. The van der Waals surface area contributed by atoms with Crippen LogP contribution in [0, 0.1) is 23.7 Å². The molecule has 4 aliphatic rings. The van der Waals surface area contributed by atoms with Crippen molar-refractivity contribution in [2.45, 2.75) is 12.5 Å². The number of rotatable bonds is 1. The SMILES string of the molecule is C1C2ON=C(C3C4CNCC43)C12. The Morgan fingerprint density at radius 2 is 2.17 bits per heavy atom. The molecule has 4 atom stereocenters. The Hall–Kier alpha value is -0.570. The van der Waals surface area contributed by atoms with Crippen molar-refractivity contribution in [3.63, 3.8) is 0 Å². The third-order valence-corrected chi connectivity index (χ3v) is 3.84. The van der Waals surface area contributed by atoms with Crippen molar-refractivity contribution in [1.29, 1.82) is 0 Å². The van der Waals surface area contributed by atoms with Crippen LogP contribution in [0.5, 0.6) is 0 Å². The second-order valence-electron chi connectivity index (χ2n) is 4.51. The summed E-state index contributed by atoms with van der Waals surface area (Å²) in [5, 5.41) is 7.61. The first-order valence-electron chi connectivity index (χ1n) is 4.89. The summed E-state index contributed by atoms with van der Waals surface area (Å²) in [5.74, 6) is 3.36. The van der Waals surface area contributed by atoms with Crippen molar-refractivity contribution in [3.05, 3.63) is 0 Å². The highest BCUT2D eigenvalue weighted by Gasteiger charge is 2.62. The third kappa shape index (κ3) is 0.565. The smallest absolute Gasteiger partial charge is 0.136 e. The fraction of sp³-hybridized carbons (Fsp3) is 0.889. The molecule has 4 rings (SSSR count). The molecule has 0 radical (unpaired) electrons. The lowest BCUT2D eigenvalue weighted by molar-refractivity contribution is 0.140. The summed E-state index contributed by atoms with van der Waals surface area (Å²) in [6.45, 7) is 2.43. The van der Waals surface area contributed by atoms with E-state index in [1.165, 1.54) is 25.2 Å². The van der Waals surface area contributed by atoms with E-state index in [1.807, 2.05) is 0 Å². The average molecular weight is 164 g/mol. The van der Waals surface area contributed by atoms with E-state index in [0.717, 1.165) is 23.7 Å². The topological polar surface area (TPSA) is 33.6 Å². The Morgan fingerprint density at radius 1 is 1.33 bits per heavy atom. The molecule has 1 saturated heterocycles. The number of hydrogen-bond donors (Lipinski definition) is 1. The van der Waals surface area contributed by atoms with E-state index >= 15 is 0 Å². The van der Waals surface area contributed by atoms with Gasteiger partial charge in [-0.25, -0.2) is 0 Å². The van der Waals surface area contributed by atoms with Gasteiger partial charge in [-0.2, -0.15) is 0 Å². The molecular weight excluding hydrogens is 152 g/mol. The molecule has 2 aliphatic heterocycles. The van der Waals surface area contributed by atoms with Crippen LogP contribution >= 0.6 is 0 Å². The number of piperidine rings is 1. The molecule has 64 valence electrons. The molecule has 0 aromatic rings. The molecule has 4 unspecified atom stereocenters. The normalized spacial score (nSPS) is 58.7. The van der Waals surface area contributed by atoms with Crippen LogP contribution in [0.1, 0.15) is 6.42 Å². The molecule has 0 aromatic carbocycles. The van der Waals surface area contributed by atoms with Gasteiger partial charge in [0.15, 0.2) is 0 Å². The highest BCUT2D eigenvalue weighted by molar-refractivity contribution is 5.95. The van der Waals surface area contributed by atoms with Crippen LogP contribution in [0.4, 0.5) is 0 Å². The van der Waals surface area contributed by atoms with Gasteiger partial charge in [-0.05, 0) is 31.3 Å². The van der Waals surface area contributed by atoms with E-state index in [0.29, 0.717) is 6.10 Å². The van der Waals surface area contributed by atoms with E-state index in [2.05, 4.69) is 10.5 Å². The quantitative estimate of drug-likeness (QED) is 0.601. The Kier molecular flexibility index (Phi) is 0.841. The molecule has 0 spiro atoms. The molecule has 2 saturated carbocycles. The first-order chi connectivity index (χ1) is 5.95. The average Bonchev–Trinajstić information content (AvgIpc) is 2.91. The first-order valence-corrected chi connectivity index (χ1v) is 4.89. The van der Waals surface area contributed by atoms with E-state index in [1.54, 1.807) is 0 Å². The minimum atomic E-state index is 0.495. The zero-order valence-electron chi connectivity index (χ0n) is 6.86. The lowest BCUT2D eigenvalue weighted by Gasteiger charge is -2.02. The van der Waals surface area contributed by atoms with Crippen LogP contribution in [0.25, 0.3) is 0 Å². The molecule has 0 bridgehead atoms. The Balaban J connectivity index is 1.60. The Labute approximate surface area is 71.1 Å². The van der Waals surface area contributed by atoms with E-state index in [-0.39, 0.29) is 0 Å². The van der Waals surface area contributed by atoms with E-state index in [9.17, 15) is 0 Å². The van der Waals surface area contributed by atoms with Gasteiger partial charge >= 0.3 is 0 Å². The van der Waals surface area contributed by atoms with Gasteiger partial charge in [0, 0.05) is 11.8 Å². The fourth-order valence-corrected chi connectivity index (χ4v) is 2.96. The standard InChI is InChI=1S/C9H12N2O/c1-4-7(1)12-11-9(4)8-5-2-10-3-6(5)8/h4-8,10H,1-3H2. The van der Waals surface area contributed by atoms with Gasteiger partial charge in [0.05, 0.1) is 5.71 Å². The predicted octanol–water partition coefficient (Wildman–Crippen LogP) is 0.226. The van der Waals surface area contributed by atoms with Gasteiger partial charge in [0.2, 0.25) is 0 Å². The maximum absolute atomic E-state index is 5.27. The van der Waals surface area contributed by atoms with Crippen molar-refractivity contribution in [2.24, 2.45) is 28.8 Å². The summed E-state index contributed by atoms with van der Waals surface area (Å²) in [6.07, 6.45) is 1.75. The van der Waals surface area contributed by atoms with Gasteiger partial charge in [0.1, 0.15) is 6.10 Å². The lowest BCUT2D eigenvalue weighted by Crippen LogP contribution is -2.19. The first kappa shape index (κ1) is 5.97. The van der Waals surface area contributed by atoms with Gasteiger partial charge < -0.3 is 10.2 Å². The molecule has 2 heterocycles. The predicted molar refractivity (Wildman–Crippen MR) is 43.8 cm³/mol. The molecule has 3 heteroatoms. The second-order valence-corrected chi connectivity index (χ2v) is 4.51. The van der Waals surface area contributed by atoms with Crippen LogP contribution in [0.15, 0.2) is 5.16 Å². The van der Waals surface area contributed by atoms with Crippen molar-refractivity contribution >= 4 is 5.71 Å². The number of oxime groups is 1. The zero-order valence-corrected chi connectivity index (χ0v) is 6.86. The third-order valence-electron chi connectivity index (χ3n) is 3.84. The van der Waals surface area contributed by atoms with Crippen LogP contribution in [0.2, 0.25) is 0 Å². The van der Waals surface area contributed by atoms with Crippen molar-refractivity contribution in [1.82, 2.24) is 5.32 Å². The zero-order chi connectivity index (χ0) is 7.71. The summed E-state index contributed by atoms with van der Waals surface area (Å²) in [4.78, 5) is 5.27. The van der Waals surface area contributed by atoms with Gasteiger partial charge in [-0.15, -0.1) is 0 Å². The van der Waals surface area contributed by atoms with Gasteiger partial charge in [0.25, 0.3) is 0 Å². The Bertz CT molecular complexity index is 266. The minimum Gasteiger partial charge on any atom is -0.392 e. The molecule has 3 fully saturated rings. The van der Waals surface area contributed by atoms with Crippen molar-refractivity contribution < 1.29 is 4.84 Å². The van der Waals surface area contributed by atoms with Crippen molar-refractivity contribution in [2.75, 3.05) is 13.1 Å². The Morgan fingerprint density at radius 3 is 2.75 bits per heavy atom. The largest absolute Gasteiger partial charge is 0.392 e. The van der Waals surface area contributed by atoms with Crippen LogP contribution in [-0.4, -0.2) is 24.9 Å². The monoisotopic (exact) mass is 164 g/mol. The molecular formula is C9H12N2O. The molecule has 0 amide bonds. The summed E-state index contributed by atoms with van der Waals surface area (Å²) < 4.78 is 0. The van der Waals surface area contributed by atoms with Crippen molar-refractivity contribution in [3.8, 4) is 0 Å². The summed E-state index contributed by atoms with van der Waals surface area (Å²) in [7, 11) is 0. The maximum Gasteiger partial charge on any atom is 0.136 e. The number of hydrogen-bond acceptors (Lipinski definition) is 3. The molecule has 3 nitrogen and oxygen atoms in total. The molecule has 0 aromatic heterocycles. The van der Waals surface area contributed by atoms with Crippen LogP contribution in [0.3, 0.4) is 0 Å². The molecule has 12 heavy (non-hydrogen) atoms. The molecule has 1 N–H and O–H groups in total. The van der Waals surface area contributed by atoms with Gasteiger partial charge in [-0.1, -0.05) is 5.16 Å². The number of nitrogens with one attached hydrogen (secondary N) is 1. The highest BCUT2D eigenvalue weighted by Crippen LogP contribution is 2.56. The van der Waals surface area contributed by atoms with Crippen LogP contribution < -0.4 is 5.32 Å². The highest BCUT2D eigenvalue weighted by atomic mass is 16.7. The van der Waals surface area contributed by atoms with E-state index < -0.39 is 0 Å². The summed E-state index contributed by atoms with van der Waals surface area (Å²) in [5.41, 5.74) is 1.41. The number of nitrogens with zero attached hydrogens (tertiary/aromatic N) is 1. The molecule has 2 aliphatic carbocycles. The summed E-state index contributed by atoms with van der Waals surface area (Å²) in [6, 6.07) is 0. The lowest BCUT2D eigenvalue weighted by atomic mass is 10.1. The second kappa shape index (κ2) is 1.69. The minimum absolute atomic E-state index is 0.495. The van der Waals surface area contributed by atoms with Gasteiger partial charge in [-0.3, -0.25) is 0 Å². The maximum atomic E-state index is 5.27.